The molecule has 0 aliphatic carbocycles. The Balaban J connectivity index is 1.49. The lowest BCUT2D eigenvalue weighted by molar-refractivity contribution is 0.101. The van der Waals surface area contributed by atoms with E-state index in [0.29, 0.717) is 17.3 Å². The molecule has 5 heteroatoms. The second-order valence-electron chi connectivity index (χ2n) is 6.15. The number of carbonyl (C=O) groups excluding carboxylic acids is 1. The van der Waals surface area contributed by atoms with Gasteiger partial charge in [-0.05, 0) is 48.4 Å². The van der Waals surface area contributed by atoms with Crippen LogP contribution in [0.25, 0.3) is 11.1 Å². The molecule has 3 aromatic carbocycles. The first-order valence-corrected chi connectivity index (χ1v) is 9.54. The number of carbonyl (C=O) groups is 1. The Bertz CT molecular complexity index is 897. The summed E-state index contributed by atoms with van der Waals surface area (Å²) in [6.07, 6.45) is -0.713. The van der Waals surface area contributed by atoms with Gasteiger partial charge in [0.05, 0.1) is 6.54 Å². The second-order valence-corrected chi connectivity index (χ2v) is 6.59. The molecule has 0 aliphatic rings. The Morgan fingerprint density at radius 2 is 1.64 bits per heavy atom. The lowest BCUT2D eigenvalue weighted by atomic mass is 10.1. The van der Waals surface area contributed by atoms with E-state index >= 15 is 0 Å². The minimum Gasteiger partial charge on any atom is -0.432 e. The number of benzene rings is 3. The van der Waals surface area contributed by atoms with E-state index in [1.807, 2.05) is 73.7 Å². The van der Waals surface area contributed by atoms with Crippen molar-refractivity contribution < 1.29 is 14.3 Å². The molecule has 0 saturated heterocycles. The number of likely N-dealkylation sites (N-methyl/N-ethyl adjacent to an activating group) is 1. The Kier molecular flexibility index (Phi) is 6.93. The lowest BCUT2D eigenvalue weighted by Crippen LogP contribution is -2.28. The molecule has 28 heavy (non-hydrogen) atoms. The van der Waals surface area contributed by atoms with Crippen LogP contribution in [-0.4, -0.2) is 25.9 Å². The number of hydrogen-bond donors (Lipinski definition) is 0. The van der Waals surface area contributed by atoms with Gasteiger partial charge in [0, 0.05) is 17.3 Å². The quantitative estimate of drug-likeness (QED) is 0.360. The Labute approximate surface area is 170 Å². The number of halogens is 1. The molecule has 3 aromatic rings. The third-order valence-corrected chi connectivity index (χ3v) is 4.53. The molecule has 0 amide bonds. The lowest BCUT2D eigenvalue weighted by Gasteiger charge is -2.22. The maximum Gasteiger partial charge on any atom is 0.513 e. The summed E-state index contributed by atoms with van der Waals surface area (Å²) in [6, 6.07) is 24.9. The van der Waals surface area contributed by atoms with Crippen molar-refractivity contribution >= 4 is 23.4 Å². The zero-order valence-corrected chi connectivity index (χ0v) is 16.4. The van der Waals surface area contributed by atoms with Gasteiger partial charge in [-0.3, -0.25) is 0 Å². The van der Waals surface area contributed by atoms with Crippen molar-refractivity contribution in [3.8, 4) is 16.9 Å². The van der Waals surface area contributed by atoms with Crippen molar-refractivity contribution in [2.24, 2.45) is 0 Å². The van der Waals surface area contributed by atoms with Gasteiger partial charge in [-0.15, -0.1) is 0 Å². The number of ether oxygens (including phenoxy) is 2. The van der Waals surface area contributed by atoms with E-state index in [1.54, 1.807) is 12.1 Å². The summed E-state index contributed by atoms with van der Waals surface area (Å²) in [7, 11) is 0. The van der Waals surface area contributed by atoms with Crippen LogP contribution in [0.1, 0.15) is 6.92 Å². The molecule has 4 nitrogen and oxygen atoms in total. The molecule has 0 fully saturated rings. The van der Waals surface area contributed by atoms with Crippen molar-refractivity contribution in [3.05, 3.63) is 83.9 Å². The van der Waals surface area contributed by atoms with Gasteiger partial charge in [-0.2, -0.15) is 0 Å². The molecule has 144 valence electrons. The van der Waals surface area contributed by atoms with E-state index < -0.39 is 6.16 Å². The Morgan fingerprint density at radius 3 is 2.32 bits per heavy atom. The van der Waals surface area contributed by atoms with E-state index in [0.717, 1.165) is 23.4 Å². The van der Waals surface area contributed by atoms with E-state index in [2.05, 4.69) is 4.90 Å². The first-order valence-electron chi connectivity index (χ1n) is 9.16. The first kappa shape index (κ1) is 19.8. The fourth-order valence-corrected chi connectivity index (χ4v) is 3.04. The molecule has 0 aromatic heterocycles. The number of nitrogens with zero attached hydrogens (tertiary/aromatic N) is 1. The zero-order valence-electron chi connectivity index (χ0n) is 15.7. The molecule has 0 saturated carbocycles. The molecule has 3 rings (SSSR count). The molecule has 0 N–H and O–H groups in total. The average molecular weight is 396 g/mol. The summed E-state index contributed by atoms with van der Waals surface area (Å²) in [5.74, 6) is 0.451. The third-order valence-electron chi connectivity index (χ3n) is 4.30. The van der Waals surface area contributed by atoms with Crippen molar-refractivity contribution in [1.29, 1.82) is 0 Å². The molecular weight excluding hydrogens is 374 g/mol. The SMILES string of the molecule is CCN(CCOC(=O)Oc1ccc(-c2ccccc2)cc1)c1cccc(Cl)c1. The molecular formula is C23H22ClNO3. The van der Waals surface area contributed by atoms with Crippen LogP contribution in [0.2, 0.25) is 5.02 Å². The average Bonchev–Trinajstić information content (AvgIpc) is 2.72. The van der Waals surface area contributed by atoms with E-state index in [-0.39, 0.29) is 6.61 Å². The maximum absolute atomic E-state index is 11.9. The molecule has 0 radical (unpaired) electrons. The highest BCUT2D eigenvalue weighted by Crippen LogP contribution is 2.22. The van der Waals surface area contributed by atoms with Gasteiger partial charge in [0.25, 0.3) is 0 Å². The van der Waals surface area contributed by atoms with Crippen LogP contribution in [0.3, 0.4) is 0 Å². The normalized spacial score (nSPS) is 10.4. The van der Waals surface area contributed by atoms with Crippen LogP contribution in [-0.2, 0) is 4.74 Å². The van der Waals surface area contributed by atoms with Crippen LogP contribution < -0.4 is 9.64 Å². The van der Waals surface area contributed by atoms with Crippen LogP contribution in [0, 0.1) is 0 Å². The summed E-state index contributed by atoms with van der Waals surface area (Å²) >= 11 is 6.04. The molecule has 0 bridgehead atoms. The summed E-state index contributed by atoms with van der Waals surface area (Å²) in [5, 5.41) is 0.676. The monoisotopic (exact) mass is 395 g/mol. The van der Waals surface area contributed by atoms with Crippen molar-refractivity contribution in [1.82, 2.24) is 0 Å². The van der Waals surface area contributed by atoms with E-state index in [4.69, 9.17) is 21.1 Å². The highest BCUT2D eigenvalue weighted by Gasteiger charge is 2.09. The summed E-state index contributed by atoms with van der Waals surface area (Å²) in [4.78, 5) is 14.0. The zero-order chi connectivity index (χ0) is 19.8. The molecule has 0 unspecified atom stereocenters. The fourth-order valence-electron chi connectivity index (χ4n) is 2.85. The van der Waals surface area contributed by atoms with Crippen LogP contribution in [0.15, 0.2) is 78.9 Å². The van der Waals surface area contributed by atoms with Gasteiger partial charge < -0.3 is 14.4 Å². The van der Waals surface area contributed by atoms with E-state index in [9.17, 15) is 4.79 Å². The Morgan fingerprint density at radius 1 is 0.929 bits per heavy atom. The number of anilines is 1. The minimum atomic E-state index is -0.713. The largest absolute Gasteiger partial charge is 0.513 e. The van der Waals surface area contributed by atoms with Gasteiger partial charge >= 0.3 is 6.16 Å². The highest BCUT2D eigenvalue weighted by molar-refractivity contribution is 6.30. The van der Waals surface area contributed by atoms with Crippen molar-refractivity contribution in [2.75, 3.05) is 24.6 Å². The fraction of sp³-hybridized carbons (Fsp3) is 0.174. The number of rotatable bonds is 7. The first-order chi connectivity index (χ1) is 13.7. The summed E-state index contributed by atoms with van der Waals surface area (Å²) < 4.78 is 10.5. The van der Waals surface area contributed by atoms with Gasteiger partial charge in [0.1, 0.15) is 12.4 Å². The maximum atomic E-state index is 11.9. The summed E-state index contributed by atoms with van der Waals surface area (Å²) in [5.41, 5.74) is 3.15. The van der Waals surface area contributed by atoms with E-state index in [1.165, 1.54) is 0 Å². The topological polar surface area (TPSA) is 38.8 Å². The van der Waals surface area contributed by atoms with Crippen LogP contribution in [0.4, 0.5) is 10.5 Å². The van der Waals surface area contributed by atoms with Crippen LogP contribution >= 0.6 is 11.6 Å². The predicted octanol–water partition coefficient (Wildman–Crippen LogP) is 6.05. The van der Waals surface area contributed by atoms with Crippen molar-refractivity contribution in [2.45, 2.75) is 6.92 Å². The third kappa shape index (κ3) is 5.51. The minimum absolute atomic E-state index is 0.223. The van der Waals surface area contributed by atoms with Crippen molar-refractivity contribution in [3.63, 3.8) is 0 Å². The highest BCUT2D eigenvalue weighted by atomic mass is 35.5. The smallest absolute Gasteiger partial charge is 0.432 e. The molecule has 0 heterocycles. The molecule has 0 aliphatic heterocycles. The van der Waals surface area contributed by atoms with Gasteiger partial charge in [0.15, 0.2) is 0 Å². The molecule has 0 spiro atoms. The molecule has 0 atom stereocenters. The van der Waals surface area contributed by atoms with Crippen LogP contribution in [0.5, 0.6) is 5.75 Å². The van der Waals surface area contributed by atoms with Gasteiger partial charge in [-0.1, -0.05) is 60.1 Å². The predicted molar refractivity (Wildman–Crippen MR) is 113 cm³/mol. The summed E-state index contributed by atoms with van der Waals surface area (Å²) in [6.45, 7) is 3.59. The number of hydrogen-bond acceptors (Lipinski definition) is 4. The Hall–Kier alpha value is -2.98. The second kappa shape index (κ2) is 9.81. The standard InChI is InChI=1S/C23H22ClNO3/c1-2-25(21-10-6-9-20(24)17-21)15-16-27-23(26)28-22-13-11-19(12-14-22)18-7-4-3-5-8-18/h3-14,17H,2,15-16H2,1H3. The van der Waals surface area contributed by atoms with Gasteiger partial charge in [-0.25, -0.2) is 4.79 Å². The van der Waals surface area contributed by atoms with Gasteiger partial charge in [0.2, 0.25) is 0 Å².